The van der Waals surface area contributed by atoms with E-state index >= 15 is 0 Å². The van der Waals surface area contributed by atoms with Crippen molar-refractivity contribution in [1.82, 2.24) is 10.6 Å². The molecular weight excluding hydrogens is 697 g/mol. The van der Waals surface area contributed by atoms with Crippen molar-refractivity contribution in [2.24, 2.45) is 28.5 Å². The maximum absolute atomic E-state index is 13.0. The third kappa shape index (κ3) is 9.27. The Bertz CT molecular complexity index is 1780. The van der Waals surface area contributed by atoms with Gasteiger partial charge in [0.1, 0.15) is 12.5 Å². The van der Waals surface area contributed by atoms with Gasteiger partial charge in [0.25, 0.3) is 0 Å². The molecule has 0 radical (unpaired) electrons. The Balaban J connectivity index is 1.41. The minimum absolute atomic E-state index is 0.0122. The molecule has 0 saturated carbocycles. The third-order valence-electron chi connectivity index (χ3n) is 10.2. The number of hydrogen-bond donors (Lipinski definition) is 5. The van der Waals surface area contributed by atoms with Crippen LogP contribution in [-0.4, -0.2) is 78.6 Å². The first kappa shape index (κ1) is 38.1. The maximum atomic E-state index is 13.0. The number of benzene rings is 2. The number of aromatic hydroxyl groups is 1. The van der Waals surface area contributed by atoms with E-state index in [4.69, 9.17) is 24.9 Å². The average Bonchev–Trinajstić information content (AvgIpc) is 3.12. The molecule has 4 heterocycles. The smallest absolute Gasteiger partial charge is 0.189 e. The summed E-state index contributed by atoms with van der Waals surface area (Å²) in [6, 6.07) is 5.40. The number of carbonyl (C=O) groups is 1. The van der Waals surface area contributed by atoms with Crippen LogP contribution in [0.15, 0.2) is 23.2 Å². The van der Waals surface area contributed by atoms with E-state index in [-0.39, 0.29) is 60.8 Å². The molecule has 0 spiro atoms. The summed E-state index contributed by atoms with van der Waals surface area (Å²) < 4.78 is 18.8. The molecule has 0 amide bonds. The van der Waals surface area contributed by atoms with Crippen molar-refractivity contribution >= 4 is 33.3 Å². The molecule has 2 aromatic rings. The summed E-state index contributed by atoms with van der Waals surface area (Å²) in [5.41, 5.74) is 10.9. The fourth-order valence-electron chi connectivity index (χ4n) is 7.20. The zero-order valence-corrected chi connectivity index (χ0v) is 31.9. The van der Waals surface area contributed by atoms with Gasteiger partial charge in [0.05, 0.1) is 37.5 Å². The highest BCUT2D eigenvalue weighted by atomic mass is 33.1. The number of aliphatic hydroxyl groups is 1. The second-order valence-corrected chi connectivity index (χ2v) is 16.8. The van der Waals surface area contributed by atoms with Gasteiger partial charge >= 0.3 is 0 Å². The molecule has 5 atom stereocenters. The summed E-state index contributed by atoms with van der Waals surface area (Å²) in [5.74, 6) is 17.9. The number of phenolic OH excluding ortho intramolecular Hbond substituents is 1. The SMILES string of the molecule is COc1c(O)ccc2c1C#CCc1cc(c3c4c1OCNCCC#CC1NC(N)=NC(C(C)C)CSSCC1C(CO4)C3)CCC(O)CC(=O)CC2. The van der Waals surface area contributed by atoms with Crippen molar-refractivity contribution in [3.8, 4) is 46.7 Å². The monoisotopic (exact) mass is 746 g/mol. The molecule has 278 valence electrons. The normalized spacial score (nSPS) is 25.6. The van der Waals surface area contributed by atoms with E-state index in [1.807, 2.05) is 21.6 Å². The van der Waals surface area contributed by atoms with Crippen LogP contribution in [-0.2, 0) is 30.5 Å². The number of guanidine groups is 1. The number of aliphatic hydroxyl groups excluding tert-OH is 1. The lowest BCUT2D eigenvalue weighted by atomic mass is 9.79. The molecule has 0 fully saturated rings. The second kappa shape index (κ2) is 17.9. The topological polar surface area (TPSA) is 148 Å². The molecule has 1 aliphatic carbocycles. The molecule has 5 unspecified atom stereocenters. The molecule has 0 aromatic heterocycles. The fourth-order valence-corrected chi connectivity index (χ4v) is 10.1. The van der Waals surface area contributed by atoms with Gasteiger partial charge in [0.2, 0.25) is 0 Å². The number of nitrogens with one attached hydrogen (secondary N) is 2. The van der Waals surface area contributed by atoms with Crippen LogP contribution in [0.25, 0.3) is 0 Å². The molecular formula is C40H50N4O6S2. The Kier molecular flexibility index (Phi) is 13.1. The quantitative estimate of drug-likeness (QED) is 0.220. The summed E-state index contributed by atoms with van der Waals surface area (Å²) in [6.45, 7) is 5.74. The van der Waals surface area contributed by atoms with Gasteiger partial charge in [0.15, 0.2) is 29.0 Å². The van der Waals surface area contributed by atoms with Gasteiger partial charge in [-0.25, -0.2) is 4.99 Å². The van der Waals surface area contributed by atoms with Gasteiger partial charge in [-0.15, -0.1) is 0 Å². The molecule has 0 saturated heterocycles. The van der Waals surface area contributed by atoms with E-state index in [9.17, 15) is 15.0 Å². The number of nitrogens with two attached hydrogens (primary N) is 1. The summed E-state index contributed by atoms with van der Waals surface area (Å²) in [6.07, 6.45) is 2.71. The molecule has 10 nitrogen and oxygen atoms in total. The number of ketones is 1. The van der Waals surface area contributed by atoms with E-state index < -0.39 is 6.10 Å². The van der Waals surface area contributed by atoms with E-state index in [1.165, 1.54) is 7.11 Å². The number of methoxy groups -OCH3 is 1. The highest BCUT2D eigenvalue weighted by Crippen LogP contribution is 2.45. The summed E-state index contributed by atoms with van der Waals surface area (Å²) in [7, 11) is 5.20. The molecule has 5 aliphatic rings. The molecule has 12 heteroatoms. The summed E-state index contributed by atoms with van der Waals surface area (Å²) in [4.78, 5) is 17.9. The molecule has 6 N–H and O–H groups in total. The number of nitrogens with zero attached hydrogens (tertiary/aromatic N) is 1. The minimum Gasteiger partial charge on any atom is -0.504 e. The average molecular weight is 747 g/mol. The number of aliphatic imine (C=N–C) groups is 1. The van der Waals surface area contributed by atoms with Crippen LogP contribution in [0.3, 0.4) is 0 Å². The van der Waals surface area contributed by atoms with Gasteiger partial charge < -0.3 is 35.5 Å². The lowest BCUT2D eigenvalue weighted by molar-refractivity contribution is -0.121. The van der Waals surface area contributed by atoms with Crippen molar-refractivity contribution in [2.45, 2.75) is 83.4 Å². The summed E-state index contributed by atoms with van der Waals surface area (Å²) >= 11 is 0. The lowest BCUT2D eigenvalue weighted by Crippen LogP contribution is -2.49. The maximum Gasteiger partial charge on any atom is 0.189 e. The van der Waals surface area contributed by atoms with Crippen LogP contribution in [0.5, 0.6) is 23.0 Å². The Morgan fingerprint density at radius 2 is 1.90 bits per heavy atom. The zero-order valence-electron chi connectivity index (χ0n) is 30.3. The predicted octanol–water partition coefficient (Wildman–Crippen LogP) is 4.39. The number of rotatable bonds is 2. The number of ether oxygens (including phenoxy) is 3. The first-order chi connectivity index (χ1) is 25.2. The largest absolute Gasteiger partial charge is 0.504 e. The highest BCUT2D eigenvalue weighted by molar-refractivity contribution is 8.76. The summed E-state index contributed by atoms with van der Waals surface area (Å²) in [5, 5.41) is 28.5. The van der Waals surface area contributed by atoms with Crippen LogP contribution in [0.1, 0.15) is 67.3 Å². The van der Waals surface area contributed by atoms with Gasteiger partial charge in [-0.1, -0.05) is 71.2 Å². The van der Waals surface area contributed by atoms with E-state index in [0.717, 1.165) is 40.2 Å². The number of phenols is 1. The standard InChI is InChI=1S/C40H50N4O6S2/c1-24(2)35-22-52-51-21-33-28-18-32-26-11-14-30(46)19-29(45)13-10-25-12-15-36(47)38(48-3)31(25)8-6-7-27(17-26)37(39(32)49-20-28)50-23-42-16-5-4-9-34(33)43-40(41)44-35/h12,15,17,24,28,30,33-35,42,46-47H,5,7,10-11,13-14,16,18-23H2,1-3H3,(H3,41,43,44). The second-order valence-electron chi connectivity index (χ2n) is 14.2. The highest BCUT2D eigenvalue weighted by Gasteiger charge is 2.37. The van der Waals surface area contributed by atoms with Crippen LogP contribution < -0.4 is 30.6 Å². The number of Topliss-reactive ketones (excluding diaryl/α,β-unsaturated/α-hetero) is 1. The number of hydrogen-bond acceptors (Lipinski definition) is 12. The van der Waals surface area contributed by atoms with Crippen molar-refractivity contribution in [3.05, 3.63) is 46.0 Å². The Hall–Kier alpha value is -3.68. The molecule has 7 rings (SSSR count). The molecule has 52 heavy (non-hydrogen) atoms. The van der Waals surface area contributed by atoms with E-state index in [2.05, 4.69) is 54.2 Å². The van der Waals surface area contributed by atoms with Gasteiger partial charge in [0, 0.05) is 66.7 Å². The Morgan fingerprint density at radius 3 is 2.73 bits per heavy atom. The first-order valence-corrected chi connectivity index (χ1v) is 20.7. The first-order valence-electron chi connectivity index (χ1n) is 18.3. The zero-order chi connectivity index (χ0) is 36.6. The van der Waals surface area contributed by atoms with Crippen molar-refractivity contribution in [1.29, 1.82) is 0 Å². The van der Waals surface area contributed by atoms with E-state index in [1.54, 1.807) is 12.1 Å². The molecule has 2 aromatic carbocycles. The fraction of sp³-hybridized carbons (Fsp3) is 0.550. The number of fused-ring (bicyclic) bond motifs is 9. The molecule has 6 bridgehead atoms. The lowest BCUT2D eigenvalue weighted by Gasteiger charge is -2.37. The van der Waals surface area contributed by atoms with E-state index in [0.29, 0.717) is 74.2 Å². The third-order valence-corrected chi connectivity index (χ3v) is 12.7. The van der Waals surface area contributed by atoms with Crippen LogP contribution in [0.2, 0.25) is 0 Å². The number of aryl methyl sites for hydroxylation is 2. The Morgan fingerprint density at radius 1 is 1.06 bits per heavy atom. The van der Waals surface area contributed by atoms with Crippen molar-refractivity contribution < 1.29 is 29.2 Å². The Labute approximate surface area is 315 Å². The minimum atomic E-state index is -0.785. The van der Waals surface area contributed by atoms with Crippen molar-refractivity contribution in [2.75, 3.05) is 38.5 Å². The van der Waals surface area contributed by atoms with Crippen LogP contribution in [0, 0.1) is 41.4 Å². The van der Waals surface area contributed by atoms with Crippen molar-refractivity contribution in [3.63, 3.8) is 0 Å². The van der Waals surface area contributed by atoms with Crippen LogP contribution in [0.4, 0.5) is 0 Å². The number of carbonyl (C=O) groups excluding carboxylic acids is 1. The predicted molar refractivity (Wildman–Crippen MR) is 208 cm³/mol. The van der Waals surface area contributed by atoms with Crippen LogP contribution >= 0.6 is 21.6 Å². The van der Waals surface area contributed by atoms with Gasteiger partial charge in [-0.3, -0.25) is 10.1 Å². The van der Waals surface area contributed by atoms with Gasteiger partial charge in [-0.2, -0.15) is 0 Å². The van der Waals surface area contributed by atoms with Gasteiger partial charge in [-0.05, 0) is 48.8 Å². The molecule has 4 aliphatic heterocycles.